The number of amides is 2. The van der Waals surface area contributed by atoms with Gasteiger partial charge >= 0.3 is 5.97 Å². The number of hydrogen-bond acceptors (Lipinski definition) is 5. The molecule has 168 valence electrons. The van der Waals surface area contributed by atoms with Crippen LogP contribution in [0.3, 0.4) is 0 Å². The van der Waals surface area contributed by atoms with Gasteiger partial charge in [-0.3, -0.25) is 14.6 Å². The van der Waals surface area contributed by atoms with E-state index in [4.69, 9.17) is 17.2 Å². The fourth-order valence-corrected chi connectivity index (χ4v) is 3.16. The van der Waals surface area contributed by atoms with E-state index in [2.05, 4.69) is 20.6 Å². The number of benzene rings is 1. The standard InChI is InChI=1S/C20H29N7O4/c21-8-7-17(28)26-16(10-12-11-25-14-5-2-1-4-13(12)14)18(29)27-15(19(30)31)6-3-9-24-20(22)23/h1-2,4-5,11,15-16,25H,3,6-10,21H2,(H,26,28)(H,27,29)(H,30,31)(H4,22,23,24)/t15-,16-/m0/s1. The lowest BCUT2D eigenvalue weighted by atomic mass is 10.0. The Morgan fingerprint density at radius 2 is 1.87 bits per heavy atom. The molecule has 11 heteroatoms. The van der Waals surface area contributed by atoms with Gasteiger partial charge in [0.1, 0.15) is 12.1 Å². The van der Waals surface area contributed by atoms with Crippen LogP contribution in [-0.4, -0.2) is 59.0 Å². The predicted octanol–water partition coefficient (Wildman–Crippen LogP) is -0.833. The summed E-state index contributed by atoms with van der Waals surface area (Å²) in [7, 11) is 0. The first kappa shape index (κ1) is 23.7. The van der Waals surface area contributed by atoms with E-state index in [0.29, 0.717) is 6.42 Å². The average Bonchev–Trinajstić information content (AvgIpc) is 3.12. The number of carbonyl (C=O) groups is 3. The van der Waals surface area contributed by atoms with Crippen LogP contribution < -0.4 is 27.8 Å². The molecule has 0 aliphatic rings. The number of aromatic nitrogens is 1. The minimum Gasteiger partial charge on any atom is -0.480 e. The fourth-order valence-electron chi connectivity index (χ4n) is 3.16. The molecule has 10 N–H and O–H groups in total. The van der Waals surface area contributed by atoms with Gasteiger partial charge in [0.2, 0.25) is 11.8 Å². The number of carboxylic acid groups (broad SMARTS) is 1. The largest absolute Gasteiger partial charge is 0.480 e. The molecule has 0 bridgehead atoms. The molecule has 0 aliphatic carbocycles. The fraction of sp³-hybridized carbons (Fsp3) is 0.400. The molecule has 1 aromatic heterocycles. The van der Waals surface area contributed by atoms with E-state index in [1.807, 2.05) is 24.3 Å². The lowest BCUT2D eigenvalue weighted by Crippen LogP contribution is -2.52. The van der Waals surface area contributed by atoms with Gasteiger partial charge in [0.25, 0.3) is 0 Å². The van der Waals surface area contributed by atoms with Crippen LogP contribution in [0.1, 0.15) is 24.8 Å². The van der Waals surface area contributed by atoms with Crippen LogP contribution in [0, 0.1) is 0 Å². The highest BCUT2D eigenvalue weighted by Crippen LogP contribution is 2.19. The number of nitrogens with one attached hydrogen (secondary N) is 3. The van der Waals surface area contributed by atoms with Crippen molar-refractivity contribution in [1.29, 1.82) is 0 Å². The zero-order valence-electron chi connectivity index (χ0n) is 17.1. The molecule has 0 saturated carbocycles. The van der Waals surface area contributed by atoms with Crippen molar-refractivity contribution >= 4 is 34.6 Å². The van der Waals surface area contributed by atoms with Gasteiger partial charge in [0.05, 0.1) is 0 Å². The summed E-state index contributed by atoms with van der Waals surface area (Å²) < 4.78 is 0. The number of aromatic amines is 1. The monoisotopic (exact) mass is 431 g/mol. The van der Waals surface area contributed by atoms with E-state index in [0.717, 1.165) is 16.5 Å². The summed E-state index contributed by atoms with van der Waals surface area (Å²) in [6.45, 7) is 0.379. The van der Waals surface area contributed by atoms with Crippen molar-refractivity contribution < 1.29 is 19.5 Å². The van der Waals surface area contributed by atoms with Gasteiger partial charge in [-0.25, -0.2) is 4.79 Å². The van der Waals surface area contributed by atoms with Gasteiger partial charge in [0, 0.05) is 43.0 Å². The van der Waals surface area contributed by atoms with Gasteiger partial charge in [-0.2, -0.15) is 0 Å². The van der Waals surface area contributed by atoms with Crippen molar-refractivity contribution in [3.8, 4) is 0 Å². The zero-order chi connectivity index (χ0) is 22.8. The molecule has 2 amide bonds. The number of nitrogens with two attached hydrogens (primary N) is 3. The van der Waals surface area contributed by atoms with Gasteiger partial charge in [-0.1, -0.05) is 18.2 Å². The van der Waals surface area contributed by atoms with Crippen LogP contribution in [0.25, 0.3) is 10.9 Å². The summed E-state index contributed by atoms with van der Waals surface area (Å²) in [5.74, 6) is -2.25. The number of nitrogens with zero attached hydrogens (tertiary/aromatic N) is 1. The number of carboxylic acids is 1. The Kier molecular flexibility index (Phi) is 8.82. The van der Waals surface area contributed by atoms with Crippen LogP contribution in [0.2, 0.25) is 0 Å². The third-order valence-corrected chi connectivity index (χ3v) is 4.68. The number of carbonyl (C=O) groups excluding carboxylic acids is 2. The smallest absolute Gasteiger partial charge is 0.326 e. The third-order valence-electron chi connectivity index (χ3n) is 4.68. The summed E-state index contributed by atoms with van der Waals surface area (Å²) in [4.78, 5) is 43.5. The predicted molar refractivity (Wildman–Crippen MR) is 117 cm³/mol. The van der Waals surface area contributed by atoms with E-state index in [1.165, 1.54) is 0 Å². The lowest BCUT2D eigenvalue weighted by molar-refractivity contribution is -0.142. The van der Waals surface area contributed by atoms with Crippen LogP contribution in [-0.2, 0) is 20.8 Å². The Morgan fingerprint density at radius 1 is 1.13 bits per heavy atom. The van der Waals surface area contributed by atoms with Crippen molar-refractivity contribution in [3.05, 3.63) is 36.0 Å². The minimum absolute atomic E-state index is 0.0541. The molecular weight excluding hydrogens is 402 g/mol. The molecule has 1 heterocycles. The quantitative estimate of drug-likeness (QED) is 0.129. The first-order chi connectivity index (χ1) is 14.8. The van der Waals surface area contributed by atoms with E-state index >= 15 is 0 Å². The summed E-state index contributed by atoms with van der Waals surface area (Å²) in [6.07, 6.45) is 2.51. The van der Waals surface area contributed by atoms with Crippen LogP contribution in [0.15, 0.2) is 35.5 Å². The molecule has 0 fully saturated rings. The third kappa shape index (κ3) is 7.30. The first-order valence-electron chi connectivity index (χ1n) is 9.94. The SMILES string of the molecule is NCCC(=O)N[C@@H](Cc1c[nH]c2ccccc12)C(=O)N[C@@H](CCCN=C(N)N)C(=O)O. The second-order valence-electron chi connectivity index (χ2n) is 7.07. The van der Waals surface area contributed by atoms with Crippen molar-refractivity contribution in [1.82, 2.24) is 15.6 Å². The Morgan fingerprint density at radius 3 is 2.55 bits per heavy atom. The molecule has 2 atom stereocenters. The molecule has 1 aromatic carbocycles. The minimum atomic E-state index is -1.18. The van der Waals surface area contributed by atoms with Crippen LogP contribution >= 0.6 is 0 Å². The molecule has 31 heavy (non-hydrogen) atoms. The molecular formula is C20H29N7O4. The second-order valence-corrected chi connectivity index (χ2v) is 7.07. The highest BCUT2D eigenvalue weighted by atomic mass is 16.4. The van der Waals surface area contributed by atoms with Gasteiger partial charge in [0.15, 0.2) is 5.96 Å². The van der Waals surface area contributed by atoms with E-state index < -0.39 is 24.0 Å². The Balaban J connectivity index is 2.13. The molecule has 0 saturated heterocycles. The highest BCUT2D eigenvalue weighted by molar-refractivity contribution is 5.91. The number of fused-ring (bicyclic) bond motifs is 1. The molecule has 0 aliphatic heterocycles. The molecule has 0 radical (unpaired) electrons. The van der Waals surface area contributed by atoms with E-state index in [9.17, 15) is 19.5 Å². The van der Waals surface area contributed by atoms with Crippen molar-refractivity contribution in [3.63, 3.8) is 0 Å². The number of hydrogen-bond donors (Lipinski definition) is 7. The summed E-state index contributed by atoms with van der Waals surface area (Å²) in [5.41, 5.74) is 17.7. The number of aliphatic imine (C=N–C) groups is 1. The lowest BCUT2D eigenvalue weighted by Gasteiger charge is -2.21. The topological polar surface area (TPSA) is 202 Å². The molecule has 2 rings (SSSR count). The van der Waals surface area contributed by atoms with Crippen LogP contribution in [0.5, 0.6) is 0 Å². The first-order valence-corrected chi connectivity index (χ1v) is 9.94. The van der Waals surface area contributed by atoms with Crippen molar-refractivity contribution in [2.45, 2.75) is 37.8 Å². The maximum absolute atomic E-state index is 12.9. The van der Waals surface area contributed by atoms with E-state index in [1.54, 1.807) is 6.20 Å². The molecule has 0 unspecified atom stereocenters. The Bertz CT molecular complexity index is 937. The molecule has 2 aromatic rings. The molecule has 11 nitrogen and oxygen atoms in total. The number of rotatable bonds is 12. The Hall–Kier alpha value is -3.60. The summed E-state index contributed by atoms with van der Waals surface area (Å²) in [5, 5.41) is 15.5. The number of H-pyrrole nitrogens is 1. The highest BCUT2D eigenvalue weighted by Gasteiger charge is 2.27. The molecule has 0 spiro atoms. The normalized spacial score (nSPS) is 12.7. The maximum Gasteiger partial charge on any atom is 0.326 e. The average molecular weight is 431 g/mol. The summed E-state index contributed by atoms with van der Waals surface area (Å²) in [6, 6.07) is 5.46. The van der Waals surface area contributed by atoms with Gasteiger partial charge in [-0.05, 0) is 24.5 Å². The number of guanidine groups is 1. The van der Waals surface area contributed by atoms with Gasteiger partial charge in [-0.15, -0.1) is 0 Å². The zero-order valence-corrected chi connectivity index (χ0v) is 17.1. The summed E-state index contributed by atoms with van der Waals surface area (Å²) >= 11 is 0. The second kappa shape index (κ2) is 11.6. The maximum atomic E-state index is 12.9. The van der Waals surface area contributed by atoms with E-state index in [-0.39, 0.29) is 44.2 Å². The van der Waals surface area contributed by atoms with Crippen LogP contribution in [0.4, 0.5) is 0 Å². The van der Waals surface area contributed by atoms with Gasteiger partial charge < -0.3 is 37.9 Å². The van der Waals surface area contributed by atoms with Crippen molar-refractivity contribution in [2.24, 2.45) is 22.2 Å². The Labute approximate surface area is 179 Å². The number of aliphatic carboxylic acids is 1. The van der Waals surface area contributed by atoms with Crippen molar-refractivity contribution in [2.75, 3.05) is 13.1 Å². The number of para-hydroxylation sites is 1.